The Bertz CT molecular complexity index is 808. The summed E-state index contributed by atoms with van der Waals surface area (Å²) in [5, 5.41) is 3.05. The van der Waals surface area contributed by atoms with Crippen molar-refractivity contribution in [3.05, 3.63) is 54.6 Å². The van der Waals surface area contributed by atoms with Crippen LogP contribution in [0, 0.1) is 0 Å². The van der Waals surface area contributed by atoms with Crippen LogP contribution in [-0.4, -0.2) is 37.7 Å². The summed E-state index contributed by atoms with van der Waals surface area (Å²) in [7, 11) is 0. The van der Waals surface area contributed by atoms with E-state index in [0.717, 1.165) is 30.0 Å². The van der Waals surface area contributed by atoms with E-state index in [0.29, 0.717) is 26.1 Å². The molecule has 1 aliphatic rings. The van der Waals surface area contributed by atoms with Crippen LogP contribution in [0.3, 0.4) is 0 Å². The Hall–Kier alpha value is -3.02. The van der Waals surface area contributed by atoms with E-state index in [2.05, 4.69) is 12.2 Å². The summed E-state index contributed by atoms with van der Waals surface area (Å²) < 4.78 is 5.46. The Balaban J connectivity index is 1.65. The van der Waals surface area contributed by atoms with Gasteiger partial charge in [-0.05, 0) is 49.7 Å². The van der Waals surface area contributed by atoms with Crippen LogP contribution in [0.5, 0.6) is 5.75 Å². The predicted molar refractivity (Wildman–Crippen MR) is 116 cm³/mol. The molecule has 154 valence electrons. The van der Waals surface area contributed by atoms with Crippen molar-refractivity contribution >= 4 is 23.3 Å². The number of ether oxygens (including phenoxy) is 1. The van der Waals surface area contributed by atoms with Crippen LogP contribution < -0.4 is 19.9 Å². The van der Waals surface area contributed by atoms with Gasteiger partial charge < -0.3 is 15.0 Å². The molecule has 0 saturated carbocycles. The molecule has 0 aliphatic carbocycles. The minimum atomic E-state index is -0.214. The summed E-state index contributed by atoms with van der Waals surface area (Å²) >= 11 is 0. The largest absolute Gasteiger partial charge is 0.494 e. The lowest BCUT2D eigenvalue weighted by Gasteiger charge is -2.25. The van der Waals surface area contributed by atoms with Gasteiger partial charge in [0.2, 0.25) is 5.91 Å². The third kappa shape index (κ3) is 5.28. The molecule has 6 heteroatoms. The zero-order valence-electron chi connectivity index (χ0n) is 17.1. The predicted octanol–water partition coefficient (Wildman–Crippen LogP) is 4.21. The van der Waals surface area contributed by atoms with Crippen molar-refractivity contribution < 1.29 is 14.3 Å². The number of benzene rings is 2. The first kappa shape index (κ1) is 20.7. The molecule has 1 saturated heterocycles. The molecule has 2 aromatic carbocycles. The van der Waals surface area contributed by atoms with E-state index in [1.165, 1.54) is 0 Å². The number of carbonyl (C=O) groups is 2. The highest BCUT2D eigenvalue weighted by molar-refractivity contribution is 5.98. The number of hydrogen-bond donors (Lipinski definition) is 1. The number of hydrogen-bond acceptors (Lipinski definition) is 3. The van der Waals surface area contributed by atoms with Gasteiger partial charge in [0.05, 0.1) is 12.6 Å². The molecule has 1 heterocycles. The van der Waals surface area contributed by atoms with E-state index in [1.54, 1.807) is 9.80 Å². The van der Waals surface area contributed by atoms with Crippen LogP contribution in [-0.2, 0) is 4.79 Å². The highest BCUT2D eigenvalue weighted by Crippen LogP contribution is 2.24. The van der Waals surface area contributed by atoms with Gasteiger partial charge in [-0.2, -0.15) is 0 Å². The van der Waals surface area contributed by atoms with Gasteiger partial charge >= 0.3 is 6.03 Å². The molecule has 1 atom stereocenters. The first-order valence-electron chi connectivity index (χ1n) is 10.3. The molecule has 0 aromatic heterocycles. The average Bonchev–Trinajstić information content (AvgIpc) is 3.10. The number of carbonyl (C=O) groups excluding carboxylic acids is 2. The maximum absolute atomic E-state index is 12.9. The molecule has 3 rings (SSSR count). The molecule has 0 unspecified atom stereocenters. The maximum Gasteiger partial charge on any atom is 0.322 e. The molecule has 0 spiro atoms. The zero-order chi connectivity index (χ0) is 20.6. The van der Waals surface area contributed by atoms with E-state index in [9.17, 15) is 9.59 Å². The molecular formula is C23H29N3O3. The molecular weight excluding hydrogens is 366 g/mol. The lowest BCUT2D eigenvalue weighted by atomic mass is 10.2. The first-order valence-corrected chi connectivity index (χ1v) is 10.3. The second-order valence-corrected chi connectivity index (χ2v) is 7.12. The fourth-order valence-corrected chi connectivity index (χ4v) is 3.47. The van der Waals surface area contributed by atoms with Crippen molar-refractivity contribution in [3.8, 4) is 5.75 Å². The van der Waals surface area contributed by atoms with Crippen molar-refractivity contribution in [2.75, 3.05) is 29.5 Å². The Morgan fingerprint density at radius 1 is 1.14 bits per heavy atom. The van der Waals surface area contributed by atoms with Crippen LogP contribution in [0.2, 0.25) is 0 Å². The van der Waals surface area contributed by atoms with E-state index in [4.69, 9.17) is 4.74 Å². The zero-order valence-corrected chi connectivity index (χ0v) is 17.1. The van der Waals surface area contributed by atoms with Gasteiger partial charge in [0.15, 0.2) is 0 Å². The Morgan fingerprint density at radius 2 is 1.86 bits per heavy atom. The second kappa shape index (κ2) is 9.96. The highest BCUT2D eigenvalue weighted by Gasteiger charge is 2.32. The smallest absolute Gasteiger partial charge is 0.322 e. The summed E-state index contributed by atoms with van der Waals surface area (Å²) in [5.74, 6) is 0.793. The van der Waals surface area contributed by atoms with Gasteiger partial charge in [0.1, 0.15) is 5.75 Å². The van der Waals surface area contributed by atoms with Crippen molar-refractivity contribution in [1.29, 1.82) is 0 Å². The van der Waals surface area contributed by atoms with Gasteiger partial charge in [0, 0.05) is 30.9 Å². The van der Waals surface area contributed by atoms with E-state index >= 15 is 0 Å². The summed E-state index contributed by atoms with van der Waals surface area (Å²) in [6, 6.07) is 16.8. The average molecular weight is 396 g/mol. The third-order valence-corrected chi connectivity index (χ3v) is 4.96. The summed E-state index contributed by atoms with van der Waals surface area (Å²) in [6.07, 6.45) is 2.23. The number of nitrogens with one attached hydrogen (secondary N) is 1. The van der Waals surface area contributed by atoms with Crippen molar-refractivity contribution in [2.24, 2.45) is 0 Å². The SMILES string of the molecule is CCCCN(C(=O)N[C@H]1CC(=O)N(c2ccc(OCC)cc2)C1)c1ccccc1. The van der Waals surface area contributed by atoms with Crippen LogP contribution in [0.4, 0.5) is 16.2 Å². The summed E-state index contributed by atoms with van der Waals surface area (Å²) in [5.41, 5.74) is 1.69. The van der Waals surface area contributed by atoms with E-state index < -0.39 is 0 Å². The van der Waals surface area contributed by atoms with Crippen LogP contribution >= 0.6 is 0 Å². The van der Waals surface area contributed by atoms with Gasteiger partial charge in [-0.15, -0.1) is 0 Å². The number of anilines is 2. The Kier molecular flexibility index (Phi) is 7.11. The van der Waals surface area contributed by atoms with Crippen LogP contribution in [0.25, 0.3) is 0 Å². The van der Waals surface area contributed by atoms with Crippen molar-refractivity contribution in [2.45, 2.75) is 39.2 Å². The maximum atomic E-state index is 12.9. The number of urea groups is 1. The van der Waals surface area contributed by atoms with Gasteiger partial charge in [-0.1, -0.05) is 31.5 Å². The molecule has 6 nitrogen and oxygen atoms in total. The molecule has 1 N–H and O–H groups in total. The molecule has 2 aromatic rings. The molecule has 1 aliphatic heterocycles. The molecule has 1 fully saturated rings. The minimum absolute atomic E-state index is 0.0132. The van der Waals surface area contributed by atoms with Crippen LogP contribution in [0.15, 0.2) is 54.6 Å². The fourth-order valence-electron chi connectivity index (χ4n) is 3.47. The first-order chi connectivity index (χ1) is 14.1. The summed E-state index contributed by atoms with van der Waals surface area (Å²) in [6.45, 7) is 5.76. The minimum Gasteiger partial charge on any atom is -0.494 e. The topological polar surface area (TPSA) is 61.9 Å². The second-order valence-electron chi connectivity index (χ2n) is 7.12. The molecule has 29 heavy (non-hydrogen) atoms. The number of nitrogens with zero attached hydrogens (tertiary/aromatic N) is 2. The normalized spacial score (nSPS) is 16.0. The lowest BCUT2D eigenvalue weighted by Crippen LogP contribution is -2.46. The fraction of sp³-hybridized carbons (Fsp3) is 0.391. The van der Waals surface area contributed by atoms with Crippen molar-refractivity contribution in [1.82, 2.24) is 5.32 Å². The molecule has 0 bridgehead atoms. The highest BCUT2D eigenvalue weighted by atomic mass is 16.5. The number of rotatable bonds is 8. The quantitative estimate of drug-likeness (QED) is 0.728. The summed E-state index contributed by atoms with van der Waals surface area (Å²) in [4.78, 5) is 28.9. The van der Waals surface area contributed by atoms with Crippen LogP contribution in [0.1, 0.15) is 33.1 Å². The van der Waals surface area contributed by atoms with E-state index in [-0.39, 0.29) is 18.0 Å². The lowest BCUT2D eigenvalue weighted by molar-refractivity contribution is -0.117. The Morgan fingerprint density at radius 3 is 2.52 bits per heavy atom. The Labute approximate surface area is 172 Å². The number of amides is 3. The van der Waals surface area contributed by atoms with Gasteiger partial charge in [-0.25, -0.2) is 4.79 Å². The number of para-hydroxylation sites is 1. The molecule has 0 radical (unpaired) electrons. The van der Waals surface area contributed by atoms with E-state index in [1.807, 2.05) is 61.5 Å². The monoisotopic (exact) mass is 395 g/mol. The third-order valence-electron chi connectivity index (χ3n) is 4.96. The standard InChI is InChI=1S/C23H29N3O3/c1-3-5-15-25(19-9-7-6-8-10-19)23(28)24-18-16-22(27)26(17-18)20-11-13-21(14-12-20)29-4-2/h6-14,18H,3-5,15-17H2,1-2H3,(H,24,28)/t18-/m0/s1. The van der Waals surface area contributed by atoms with Crippen molar-refractivity contribution in [3.63, 3.8) is 0 Å². The van der Waals surface area contributed by atoms with Gasteiger partial charge in [-0.3, -0.25) is 9.69 Å². The molecule has 3 amide bonds. The van der Waals surface area contributed by atoms with Gasteiger partial charge in [0.25, 0.3) is 0 Å². The number of unbranched alkanes of at least 4 members (excludes halogenated alkanes) is 1.